The first kappa shape index (κ1) is 33.9. The van der Waals surface area contributed by atoms with Crippen molar-refractivity contribution in [1.29, 1.82) is 0 Å². The zero-order valence-corrected chi connectivity index (χ0v) is 26.0. The molecule has 0 aliphatic heterocycles. The lowest BCUT2D eigenvalue weighted by atomic mass is 9.89. The standard InChI is InChI=1S/C35H57NO4/c1-5-7-8-9-10-11-12-13-14-15-16-17-28-39-31-23-18-29(19-24-31)20-27-33(37)36-30-21-25-32(26-22-30)40-34(38)35(3,4)6-2/h18-20,23-24,27,30,32H,5-17,21-22,25-26,28H2,1-4H3,(H,36,37)/b27-20+. The lowest BCUT2D eigenvalue weighted by Gasteiger charge is -2.31. The van der Waals surface area contributed by atoms with E-state index >= 15 is 0 Å². The van der Waals surface area contributed by atoms with Gasteiger partial charge in [-0.2, -0.15) is 0 Å². The molecule has 0 bridgehead atoms. The molecule has 1 aliphatic rings. The molecule has 1 amide bonds. The normalized spacial score (nSPS) is 17.6. The summed E-state index contributed by atoms with van der Waals surface area (Å²) in [6.07, 6.45) is 23.5. The fourth-order valence-corrected chi connectivity index (χ4v) is 5.01. The molecule has 1 aliphatic carbocycles. The van der Waals surface area contributed by atoms with Crippen LogP contribution in [0.2, 0.25) is 0 Å². The van der Waals surface area contributed by atoms with Crippen molar-refractivity contribution < 1.29 is 19.1 Å². The van der Waals surface area contributed by atoms with Gasteiger partial charge in [-0.3, -0.25) is 9.59 Å². The predicted molar refractivity (Wildman–Crippen MR) is 166 cm³/mol. The summed E-state index contributed by atoms with van der Waals surface area (Å²) in [5.74, 6) is 0.676. The smallest absolute Gasteiger partial charge is 0.311 e. The van der Waals surface area contributed by atoms with Crippen LogP contribution in [-0.4, -0.2) is 30.6 Å². The molecule has 0 unspecified atom stereocenters. The molecule has 40 heavy (non-hydrogen) atoms. The van der Waals surface area contributed by atoms with E-state index in [2.05, 4.69) is 12.2 Å². The highest BCUT2D eigenvalue weighted by Crippen LogP contribution is 2.27. The number of unbranched alkanes of at least 4 members (excludes halogenated alkanes) is 11. The molecule has 1 N–H and O–H groups in total. The molecular formula is C35H57NO4. The Morgan fingerprint density at radius 2 is 1.38 bits per heavy atom. The van der Waals surface area contributed by atoms with Crippen LogP contribution in [0.15, 0.2) is 30.3 Å². The van der Waals surface area contributed by atoms with Crippen LogP contribution < -0.4 is 10.1 Å². The summed E-state index contributed by atoms with van der Waals surface area (Å²) in [5, 5.41) is 3.09. The van der Waals surface area contributed by atoms with Crippen molar-refractivity contribution in [2.24, 2.45) is 5.41 Å². The lowest BCUT2D eigenvalue weighted by molar-refractivity contribution is -0.161. The average Bonchev–Trinajstić information content (AvgIpc) is 2.96. The third-order valence-electron chi connectivity index (χ3n) is 8.30. The second-order valence-corrected chi connectivity index (χ2v) is 12.3. The van der Waals surface area contributed by atoms with Gasteiger partial charge in [-0.1, -0.05) is 96.6 Å². The maximum Gasteiger partial charge on any atom is 0.311 e. The number of hydrogen-bond acceptors (Lipinski definition) is 4. The van der Waals surface area contributed by atoms with E-state index in [0.717, 1.165) is 56.4 Å². The zero-order valence-electron chi connectivity index (χ0n) is 26.0. The first-order chi connectivity index (χ1) is 19.3. The van der Waals surface area contributed by atoms with E-state index in [1.165, 1.54) is 70.6 Å². The van der Waals surface area contributed by atoms with Crippen LogP contribution in [0.4, 0.5) is 0 Å². The highest BCUT2D eigenvalue weighted by molar-refractivity contribution is 5.91. The quantitative estimate of drug-likeness (QED) is 0.0989. The number of esters is 1. The van der Waals surface area contributed by atoms with E-state index < -0.39 is 5.41 Å². The summed E-state index contributed by atoms with van der Waals surface area (Å²) < 4.78 is 11.6. The van der Waals surface area contributed by atoms with Crippen molar-refractivity contribution in [1.82, 2.24) is 5.32 Å². The van der Waals surface area contributed by atoms with Crippen LogP contribution in [0.3, 0.4) is 0 Å². The van der Waals surface area contributed by atoms with Crippen molar-refractivity contribution in [2.75, 3.05) is 6.61 Å². The van der Waals surface area contributed by atoms with Crippen LogP contribution in [0.1, 0.15) is 142 Å². The number of hydrogen-bond donors (Lipinski definition) is 1. The molecule has 2 rings (SSSR count). The summed E-state index contributed by atoms with van der Waals surface area (Å²) in [4.78, 5) is 24.7. The number of benzene rings is 1. The molecule has 5 heteroatoms. The molecule has 0 spiro atoms. The number of nitrogens with one attached hydrogen (secondary N) is 1. The SMILES string of the molecule is CCCCCCCCCCCCCCOc1ccc(/C=C/C(=O)NC2CCC(OC(=O)C(C)(C)CC)CC2)cc1. The fraction of sp³-hybridized carbons (Fsp3) is 0.714. The molecule has 1 fully saturated rings. The Morgan fingerprint density at radius 1 is 0.825 bits per heavy atom. The zero-order chi connectivity index (χ0) is 29.1. The molecule has 1 aromatic rings. The first-order valence-corrected chi connectivity index (χ1v) is 16.3. The van der Waals surface area contributed by atoms with E-state index in [1.807, 2.05) is 51.1 Å². The Hall–Kier alpha value is -2.30. The maximum atomic E-state index is 12.4. The minimum Gasteiger partial charge on any atom is -0.494 e. The molecular weight excluding hydrogens is 498 g/mol. The first-order valence-electron chi connectivity index (χ1n) is 16.3. The Balaban J connectivity index is 1.53. The van der Waals surface area contributed by atoms with Gasteiger partial charge >= 0.3 is 5.97 Å². The molecule has 1 saturated carbocycles. The summed E-state index contributed by atoms with van der Waals surface area (Å²) in [7, 11) is 0. The topological polar surface area (TPSA) is 64.6 Å². The van der Waals surface area contributed by atoms with Gasteiger partial charge in [0.2, 0.25) is 5.91 Å². The van der Waals surface area contributed by atoms with Gasteiger partial charge in [-0.15, -0.1) is 0 Å². The molecule has 0 radical (unpaired) electrons. The van der Waals surface area contributed by atoms with Gasteiger partial charge < -0.3 is 14.8 Å². The van der Waals surface area contributed by atoms with Crippen molar-refractivity contribution >= 4 is 18.0 Å². The average molecular weight is 556 g/mol. The highest BCUT2D eigenvalue weighted by Gasteiger charge is 2.31. The van der Waals surface area contributed by atoms with Gasteiger partial charge in [0.15, 0.2) is 0 Å². The molecule has 1 aromatic carbocycles. The minimum absolute atomic E-state index is 0.0394. The lowest BCUT2D eigenvalue weighted by Crippen LogP contribution is -2.39. The Labute approximate surface area is 244 Å². The van der Waals surface area contributed by atoms with Crippen LogP contribution in [0.5, 0.6) is 5.75 Å². The number of carbonyl (C=O) groups excluding carboxylic acids is 2. The molecule has 226 valence electrons. The summed E-state index contributed by atoms with van der Waals surface area (Å²) >= 11 is 0. The third-order valence-corrected chi connectivity index (χ3v) is 8.30. The van der Waals surface area contributed by atoms with Gasteiger partial charge in [0, 0.05) is 12.1 Å². The number of amides is 1. The van der Waals surface area contributed by atoms with Gasteiger partial charge in [0.25, 0.3) is 0 Å². The van der Waals surface area contributed by atoms with E-state index in [0.29, 0.717) is 0 Å². The van der Waals surface area contributed by atoms with Crippen molar-refractivity contribution in [3.05, 3.63) is 35.9 Å². The van der Waals surface area contributed by atoms with Crippen LogP contribution in [0.25, 0.3) is 6.08 Å². The predicted octanol–water partition coefficient (Wildman–Crippen LogP) is 9.19. The molecule has 0 saturated heterocycles. The second-order valence-electron chi connectivity index (χ2n) is 12.3. The van der Waals surface area contributed by atoms with Gasteiger partial charge in [0.1, 0.15) is 11.9 Å². The Bertz CT molecular complexity index is 853. The number of carbonyl (C=O) groups is 2. The minimum atomic E-state index is -0.438. The fourth-order valence-electron chi connectivity index (χ4n) is 5.01. The van der Waals surface area contributed by atoms with Gasteiger partial charge in [-0.05, 0) is 76.1 Å². The molecule has 0 atom stereocenters. The monoisotopic (exact) mass is 555 g/mol. The molecule has 0 aromatic heterocycles. The van der Waals surface area contributed by atoms with E-state index in [4.69, 9.17) is 9.47 Å². The summed E-state index contributed by atoms with van der Waals surface area (Å²) in [6, 6.07) is 8.04. The number of rotatable bonds is 20. The van der Waals surface area contributed by atoms with Crippen molar-refractivity contribution in [3.63, 3.8) is 0 Å². The number of ether oxygens (including phenoxy) is 2. The molecule has 5 nitrogen and oxygen atoms in total. The third kappa shape index (κ3) is 14.4. The Morgan fingerprint density at radius 3 is 1.93 bits per heavy atom. The van der Waals surface area contributed by atoms with Gasteiger partial charge in [-0.25, -0.2) is 0 Å². The van der Waals surface area contributed by atoms with Crippen LogP contribution in [-0.2, 0) is 14.3 Å². The largest absolute Gasteiger partial charge is 0.494 e. The van der Waals surface area contributed by atoms with Crippen molar-refractivity contribution in [2.45, 2.75) is 149 Å². The van der Waals surface area contributed by atoms with Crippen molar-refractivity contribution in [3.8, 4) is 5.75 Å². The van der Waals surface area contributed by atoms with E-state index in [1.54, 1.807) is 6.08 Å². The van der Waals surface area contributed by atoms with Crippen LogP contribution >= 0.6 is 0 Å². The van der Waals surface area contributed by atoms with E-state index in [-0.39, 0.29) is 24.0 Å². The second kappa shape index (κ2) is 19.7. The summed E-state index contributed by atoms with van der Waals surface area (Å²) in [6.45, 7) is 8.88. The Kier molecular flexibility index (Phi) is 16.7. The van der Waals surface area contributed by atoms with Crippen LogP contribution in [0, 0.1) is 5.41 Å². The van der Waals surface area contributed by atoms with E-state index in [9.17, 15) is 9.59 Å². The highest BCUT2D eigenvalue weighted by atomic mass is 16.5. The molecule has 0 heterocycles. The maximum absolute atomic E-state index is 12.4. The van der Waals surface area contributed by atoms with Gasteiger partial charge in [0.05, 0.1) is 12.0 Å². The summed E-state index contributed by atoms with van der Waals surface area (Å²) in [5.41, 5.74) is 0.536.